The van der Waals surface area contributed by atoms with Crippen molar-refractivity contribution < 1.29 is 9.13 Å². The molecule has 4 aromatic heterocycles. The highest BCUT2D eigenvalue weighted by atomic mass is 32.1. The molecule has 4 heterocycles. The smallest absolute Gasteiger partial charge is 0.130 e. The molecule has 0 bridgehead atoms. The highest BCUT2D eigenvalue weighted by molar-refractivity contribution is 7.79. The summed E-state index contributed by atoms with van der Waals surface area (Å²) in [6.45, 7) is 4.71. The van der Waals surface area contributed by atoms with Crippen molar-refractivity contribution in [2.75, 3.05) is 0 Å². The molecule has 2 nitrogen and oxygen atoms in total. The normalized spacial score (nSPS) is 20.3. The summed E-state index contributed by atoms with van der Waals surface area (Å²) in [5.74, 6) is 0. The third-order valence-corrected chi connectivity index (χ3v) is 30.5. The molecule has 3 aromatic carbocycles. The minimum atomic E-state index is -2.60. The van der Waals surface area contributed by atoms with Crippen molar-refractivity contribution in [2.45, 2.75) is 191 Å². The molecule has 0 amide bonds. The monoisotopic (exact) mass is 910 g/mol. The number of aryl methyl sites for hydroxylation is 2. The van der Waals surface area contributed by atoms with Crippen LogP contribution in [0.15, 0.2) is 36.4 Å². The maximum Gasteiger partial charge on any atom is 0.130 e. The molecule has 0 atom stereocenters. The van der Waals surface area contributed by atoms with Gasteiger partial charge in [0.15, 0.2) is 0 Å². The Balaban J connectivity index is 1.20. The van der Waals surface area contributed by atoms with E-state index in [1.807, 2.05) is 45.3 Å². The van der Waals surface area contributed by atoms with Crippen molar-refractivity contribution in [3.05, 3.63) is 47.5 Å². The second-order valence-corrected chi connectivity index (χ2v) is 31.1. The number of benzene rings is 3. The summed E-state index contributed by atoms with van der Waals surface area (Å²) in [7, 11) is -5.20. The van der Waals surface area contributed by atoms with Gasteiger partial charge in [-0.15, -0.1) is 45.3 Å². The Hall–Kier alpha value is -1.52. The van der Waals surface area contributed by atoms with Gasteiger partial charge in [0.25, 0.3) is 0 Å². The molecule has 60 heavy (non-hydrogen) atoms. The summed E-state index contributed by atoms with van der Waals surface area (Å²) in [4.78, 5) is 0. The van der Waals surface area contributed by atoms with Gasteiger partial charge in [0.1, 0.15) is 14.3 Å². The van der Waals surface area contributed by atoms with E-state index in [9.17, 15) is 0 Å². The van der Waals surface area contributed by atoms with Crippen LogP contribution < -0.4 is 9.24 Å². The molecule has 318 valence electrons. The molecule has 4 aliphatic rings. The molecule has 11 rings (SSSR count). The molecule has 8 heteroatoms. The van der Waals surface area contributed by atoms with Crippen LogP contribution in [0, 0.1) is 0 Å². The van der Waals surface area contributed by atoms with E-state index in [-0.39, 0.29) is 0 Å². The lowest BCUT2D eigenvalue weighted by Gasteiger charge is -2.37. The van der Waals surface area contributed by atoms with Gasteiger partial charge in [-0.3, -0.25) is 0 Å². The second-order valence-electron chi connectivity index (χ2n) is 19.5. The number of rotatable bonds is 10. The Morgan fingerprint density at radius 1 is 0.433 bits per heavy atom. The molecular weight excluding hydrogens is 847 g/mol. The average molecular weight is 911 g/mol. The Bertz CT molecular complexity index is 2570. The van der Waals surface area contributed by atoms with E-state index in [0.717, 1.165) is 77.0 Å². The summed E-state index contributed by atoms with van der Waals surface area (Å²) in [6.07, 6.45) is 28.8. The standard InChI is InChI=1S/C52H64O2P2S4/c1-3-17-37-38(18-4-2)52-50(48-40-32-46(58-42(40)28-30-44(48)60-52)56(54,35-23-13-7-14-24-35)36-25-15-8-16-26-36)49-47-39-31-45(57-41(39)27-29-43(47)59-51(37)49)55(53,33-19-9-5-10-20-33)34-21-11-6-12-22-34/h27-36H,3-26H2,1-2H3. The van der Waals surface area contributed by atoms with Crippen molar-refractivity contribution in [3.63, 3.8) is 0 Å². The van der Waals surface area contributed by atoms with E-state index in [2.05, 4.69) is 50.2 Å². The van der Waals surface area contributed by atoms with Crippen LogP contribution in [-0.2, 0) is 22.0 Å². The van der Waals surface area contributed by atoms with Crippen molar-refractivity contribution in [1.29, 1.82) is 0 Å². The fourth-order valence-electron chi connectivity index (χ4n) is 13.1. The molecule has 4 fully saturated rings. The van der Waals surface area contributed by atoms with E-state index in [0.29, 0.717) is 22.6 Å². The van der Waals surface area contributed by atoms with Gasteiger partial charge >= 0.3 is 0 Å². The first-order chi connectivity index (χ1) is 29.4. The van der Waals surface area contributed by atoms with E-state index in [4.69, 9.17) is 0 Å². The summed E-state index contributed by atoms with van der Waals surface area (Å²) >= 11 is 7.88. The molecule has 0 radical (unpaired) electrons. The van der Waals surface area contributed by atoms with Gasteiger partial charge in [-0.05, 0) is 112 Å². The van der Waals surface area contributed by atoms with Gasteiger partial charge in [-0.1, -0.05) is 104 Å². The van der Waals surface area contributed by atoms with Crippen LogP contribution in [-0.4, -0.2) is 22.6 Å². The topological polar surface area (TPSA) is 34.1 Å². The SMILES string of the molecule is CCCc1c(CCC)c2sc3ccc4sc(P(=O)(C5CCCCC5)C5CCCCC5)cc4c3c2c2c1sc1ccc3sc(P(=O)(C4CCCCC4)C4CCCCC4)cc3c12. The number of fused-ring (bicyclic) bond motifs is 11. The van der Waals surface area contributed by atoms with Gasteiger partial charge in [0.2, 0.25) is 0 Å². The molecule has 0 N–H and O–H groups in total. The first-order valence-corrected chi connectivity index (χ1v) is 31.3. The lowest BCUT2D eigenvalue weighted by Crippen LogP contribution is -2.28. The molecule has 0 saturated heterocycles. The Labute approximate surface area is 374 Å². The summed E-state index contributed by atoms with van der Waals surface area (Å²) < 4.78 is 43.1. The van der Waals surface area contributed by atoms with Crippen molar-refractivity contribution in [1.82, 2.24) is 0 Å². The molecule has 4 aliphatic carbocycles. The van der Waals surface area contributed by atoms with Crippen LogP contribution >= 0.6 is 59.6 Å². The van der Waals surface area contributed by atoms with Crippen molar-refractivity contribution in [2.24, 2.45) is 0 Å². The Kier molecular flexibility index (Phi) is 11.5. The highest BCUT2D eigenvalue weighted by Crippen LogP contribution is 2.65. The average Bonchev–Trinajstić information content (AvgIpc) is 4.11. The van der Waals surface area contributed by atoms with E-state index in [1.54, 1.807) is 11.1 Å². The Morgan fingerprint density at radius 2 is 0.750 bits per heavy atom. The second kappa shape index (κ2) is 16.8. The van der Waals surface area contributed by atoms with Gasteiger partial charge < -0.3 is 9.13 Å². The Morgan fingerprint density at radius 3 is 1.07 bits per heavy atom. The minimum Gasteiger partial charge on any atom is -0.317 e. The predicted molar refractivity (Wildman–Crippen MR) is 273 cm³/mol. The maximum absolute atomic E-state index is 16.1. The molecule has 4 saturated carbocycles. The van der Waals surface area contributed by atoms with Crippen molar-refractivity contribution >= 4 is 129 Å². The third-order valence-electron chi connectivity index (χ3n) is 16.0. The van der Waals surface area contributed by atoms with Gasteiger partial charge in [0.05, 0.1) is 9.24 Å². The lowest BCUT2D eigenvalue weighted by molar-refractivity contribution is 0.453. The van der Waals surface area contributed by atoms with E-state index < -0.39 is 14.3 Å². The largest absolute Gasteiger partial charge is 0.317 e. The van der Waals surface area contributed by atoms with Gasteiger partial charge in [-0.2, -0.15) is 0 Å². The molecule has 0 unspecified atom stereocenters. The lowest BCUT2D eigenvalue weighted by atomic mass is 9.92. The predicted octanol–water partition coefficient (Wildman–Crippen LogP) is 18.1. The zero-order valence-electron chi connectivity index (χ0n) is 36.1. The van der Waals surface area contributed by atoms with Crippen LogP contribution in [0.3, 0.4) is 0 Å². The van der Waals surface area contributed by atoms with Crippen LogP contribution in [0.2, 0.25) is 0 Å². The maximum atomic E-state index is 16.1. The first kappa shape index (κ1) is 41.2. The van der Waals surface area contributed by atoms with Crippen LogP contribution in [0.5, 0.6) is 0 Å². The summed E-state index contributed by atoms with van der Waals surface area (Å²) in [6, 6.07) is 14.6. The van der Waals surface area contributed by atoms with Gasteiger partial charge in [-0.25, -0.2) is 0 Å². The fourth-order valence-corrected chi connectivity index (χ4v) is 28.7. The number of hydrogen-bond donors (Lipinski definition) is 0. The third kappa shape index (κ3) is 6.59. The zero-order chi connectivity index (χ0) is 40.6. The number of thiophene rings is 4. The number of hydrogen-bond acceptors (Lipinski definition) is 6. The summed E-state index contributed by atoms with van der Waals surface area (Å²) in [5, 5.41) is 8.47. The van der Waals surface area contributed by atoms with Crippen LogP contribution in [0.4, 0.5) is 0 Å². The first-order valence-electron chi connectivity index (χ1n) is 24.3. The molecule has 0 spiro atoms. The van der Waals surface area contributed by atoms with Crippen LogP contribution in [0.1, 0.15) is 166 Å². The summed E-state index contributed by atoms with van der Waals surface area (Å²) in [5.41, 5.74) is 4.59. The fraction of sp³-hybridized carbons (Fsp3) is 0.577. The van der Waals surface area contributed by atoms with Crippen LogP contribution in [0.25, 0.3) is 60.5 Å². The molecular formula is C52H64O2P2S4. The van der Waals surface area contributed by atoms with Crippen molar-refractivity contribution in [3.8, 4) is 0 Å². The van der Waals surface area contributed by atoms with E-state index in [1.165, 1.54) is 147 Å². The zero-order valence-corrected chi connectivity index (χ0v) is 41.1. The molecule has 7 aromatic rings. The highest BCUT2D eigenvalue weighted by Gasteiger charge is 2.45. The van der Waals surface area contributed by atoms with E-state index >= 15 is 9.13 Å². The quantitative estimate of drug-likeness (QED) is 0.128. The minimum absolute atomic E-state index is 0.358. The molecule has 0 aliphatic heterocycles. The van der Waals surface area contributed by atoms with Gasteiger partial charge in [0, 0.05) is 83.2 Å².